The van der Waals surface area contributed by atoms with E-state index in [2.05, 4.69) is 10.6 Å². The molecule has 6 atom stereocenters. The van der Waals surface area contributed by atoms with Crippen LogP contribution in [0, 0.1) is 11.8 Å². The molecular weight excluding hydrogens is 473 g/mol. The smallest absolute Gasteiger partial charge is 0.545 e. The van der Waals surface area contributed by atoms with Crippen molar-refractivity contribution in [3.05, 3.63) is 40.4 Å². The number of thioether (sulfide) groups is 1. The molecule has 1 unspecified atom stereocenters. The van der Waals surface area contributed by atoms with Gasteiger partial charge in [-0.3, -0.25) is 9.59 Å². The largest absolute Gasteiger partial charge is 1.00 e. The van der Waals surface area contributed by atoms with Gasteiger partial charge < -0.3 is 35.6 Å². The van der Waals surface area contributed by atoms with Crippen LogP contribution in [0.1, 0.15) is 30.6 Å². The molecule has 2 amide bonds. The summed E-state index contributed by atoms with van der Waals surface area (Å²) in [5.41, 5.74) is 0.261. The molecule has 4 N–H and O–H groups in total. The average Bonchev–Trinajstić information content (AvgIpc) is 3.30. The van der Waals surface area contributed by atoms with Gasteiger partial charge in [0.25, 0.3) is 0 Å². The van der Waals surface area contributed by atoms with Gasteiger partial charge in [-0.2, -0.15) is 0 Å². The van der Waals surface area contributed by atoms with E-state index in [0.717, 1.165) is 0 Å². The number of benzene rings is 1. The van der Waals surface area contributed by atoms with E-state index in [9.17, 15) is 34.5 Å². The number of aliphatic hydroxyl groups is 1. The third-order valence-electron chi connectivity index (χ3n) is 6.38. The average molecular weight is 498 g/mol. The Bertz CT molecular complexity index is 1060. The molecule has 2 saturated heterocycles. The van der Waals surface area contributed by atoms with Crippen LogP contribution in [-0.2, 0) is 14.4 Å². The summed E-state index contributed by atoms with van der Waals surface area (Å²) in [7, 11) is 0. The zero-order valence-corrected chi connectivity index (χ0v) is 21.8. The molecule has 34 heavy (non-hydrogen) atoms. The van der Waals surface area contributed by atoms with Gasteiger partial charge >= 0.3 is 35.5 Å². The van der Waals surface area contributed by atoms with Crippen molar-refractivity contribution in [2.24, 2.45) is 11.8 Å². The van der Waals surface area contributed by atoms with Crippen molar-refractivity contribution in [1.29, 1.82) is 0 Å². The molecule has 1 aromatic rings. The second-order valence-corrected chi connectivity index (χ2v) is 9.91. The fraction of sp³-hybridized carbons (Fsp3) is 0.455. The molecular formula is C22H24N3NaO7S. The van der Waals surface area contributed by atoms with E-state index in [4.69, 9.17) is 0 Å². The van der Waals surface area contributed by atoms with Crippen LogP contribution in [0.4, 0.5) is 5.69 Å². The van der Waals surface area contributed by atoms with Gasteiger partial charge in [-0.15, -0.1) is 11.8 Å². The number of carboxylic acids is 2. The number of carboxylic acid groups (broad SMARTS) is 2. The van der Waals surface area contributed by atoms with Crippen LogP contribution in [0.5, 0.6) is 0 Å². The number of nitrogens with zero attached hydrogens (tertiary/aromatic N) is 1. The number of β-lactam (4-membered cyclic amide) rings is 1. The Morgan fingerprint density at radius 3 is 2.65 bits per heavy atom. The number of fused-ring (bicyclic) bond motifs is 1. The van der Waals surface area contributed by atoms with Gasteiger partial charge in [0.1, 0.15) is 5.70 Å². The number of amides is 2. The summed E-state index contributed by atoms with van der Waals surface area (Å²) in [6.07, 6.45) is -0.435. The summed E-state index contributed by atoms with van der Waals surface area (Å²) in [6, 6.07) is 4.86. The van der Waals surface area contributed by atoms with Crippen molar-refractivity contribution in [3.63, 3.8) is 0 Å². The molecule has 0 spiro atoms. The number of hydrogen-bond donors (Lipinski definition) is 4. The molecule has 0 bridgehead atoms. The molecule has 0 aromatic heterocycles. The third-order valence-corrected chi connectivity index (χ3v) is 7.89. The SMILES string of the molecule is C[C@@H](O)[C@H]1C(=O)N2C(C(=O)O)=C(SC3CN[C@H](C(=O)Nc4cccc(C(=O)[O-])c4)C3)[C@H](C)[C@H]12.[Na+]. The Labute approximate surface area is 222 Å². The number of carbonyl (C=O) groups is 4. The maximum Gasteiger partial charge on any atom is 1.00 e. The van der Waals surface area contributed by atoms with E-state index in [0.29, 0.717) is 23.6 Å². The fourth-order valence-corrected chi connectivity index (χ4v) is 6.28. The summed E-state index contributed by atoms with van der Waals surface area (Å²) in [5.74, 6) is -4.08. The Kier molecular flexibility index (Phi) is 8.16. The Balaban J connectivity index is 0.00000324. The van der Waals surface area contributed by atoms with E-state index in [1.807, 2.05) is 6.92 Å². The second-order valence-electron chi connectivity index (χ2n) is 8.57. The van der Waals surface area contributed by atoms with Gasteiger partial charge in [0.05, 0.1) is 30.1 Å². The van der Waals surface area contributed by atoms with Crippen molar-refractivity contribution >= 4 is 41.2 Å². The van der Waals surface area contributed by atoms with E-state index in [-0.39, 0.29) is 69.8 Å². The van der Waals surface area contributed by atoms with Gasteiger partial charge in [0, 0.05) is 28.3 Å². The molecule has 0 aliphatic carbocycles. The Hall–Kier alpha value is -1.89. The molecule has 3 heterocycles. The summed E-state index contributed by atoms with van der Waals surface area (Å²) in [4.78, 5) is 49.9. The summed E-state index contributed by atoms with van der Waals surface area (Å²) in [5, 5.41) is 36.4. The maximum atomic E-state index is 12.7. The van der Waals surface area contributed by atoms with E-state index >= 15 is 0 Å². The van der Waals surface area contributed by atoms with Crippen molar-refractivity contribution in [2.75, 3.05) is 11.9 Å². The van der Waals surface area contributed by atoms with Gasteiger partial charge in [-0.25, -0.2) is 4.79 Å². The number of aromatic carboxylic acids is 1. The fourth-order valence-electron chi connectivity index (χ4n) is 4.80. The number of aliphatic hydroxyl groups excluding tert-OH is 1. The number of hydrogen-bond acceptors (Lipinski definition) is 8. The van der Waals surface area contributed by atoms with Gasteiger partial charge in [0.2, 0.25) is 11.8 Å². The molecule has 0 radical (unpaired) electrons. The molecule has 2 fully saturated rings. The molecule has 3 aliphatic heterocycles. The maximum absolute atomic E-state index is 12.7. The molecule has 3 aliphatic rings. The van der Waals surface area contributed by atoms with Gasteiger partial charge in [0.15, 0.2) is 0 Å². The molecule has 1 aromatic carbocycles. The molecule has 10 nitrogen and oxygen atoms in total. The number of nitrogens with one attached hydrogen (secondary N) is 2. The minimum absolute atomic E-state index is 0. The van der Waals surface area contributed by atoms with Crippen LogP contribution in [0.25, 0.3) is 0 Å². The minimum Gasteiger partial charge on any atom is -0.545 e. The standard InChI is InChI=1S/C22H25N3O7S.Na/c1-9-16-15(10(2)26)20(28)25(16)17(22(31)32)18(9)33-13-7-14(23-8-13)19(27)24-12-5-3-4-11(6-12)21(29)30;/h3-6,9-10,13-16,23,26H,7-8H2,1-2H3,(H,24,27)(H,29,30)(H,31,32);/q;+1/p-1/t9-,10-,13?,14+,15-,16-;/m1./s1. The molecule has 176 valence electrons. The first kappa shape index (κ1) is 26.7. The first-order valence-electron chi connectivity index (χ1n) is 10.6. The molecule has 0 saturated carbocycles. The zero-order chi connectivity index (χ0) is 24.0. The van der Waals surface area contributed by atoms with Crippen LogP contribution in [-0.4, -0.2) is 68.8 Å². The first-order chi connectivity index (χ1) is 15.6. The van der Waals surface area contributed by atoms with Crippen LogP contribution >= 0.6 is 11.8 Å². The van der Waals surface area contributed by atoms with Gasteiger partial charge in [-0.1, -0.05) is 19.1 Å². The summed E-state index contributed by atoms with van der Waals surface area (Å²) < 4.78 is 0. The minimum atomic E-state index is -1.34. The monoisotopic (exact) mass is 497 g/mol. The Morgan fingerprint density at radius 1 is 1.32 bits per heavy atom. The van der Waals surface area contributed by atoms with E-state index in [1.165, 1.54) is 41.8 Å². The summed E-state index contributed by atoms with van der Waals surface area (Å²) >= 11 is 1.35. The zero-order valence-electron chi connectivity index (χ0n) is 19.0. The van der Waals surface area contributed by atoms with Crippen LogP contribution in [0.15, 0.2) is 34.9 Å². The van der Waals surface area contributed by atoms with Crippen molar-refractivity contribution < 1.29 is 64.1 Å². The topological polar surface area (TPSA) is 159 Å². The predicted octanol–water partition coefficient (Wildman–Crippen LogP) is -3.39. The number of carbonyl (C=O) groups excluding carboxylic acids is 3. The summed E-state index contributed by atoms with van der Waals surface area (Å²) in [6.45, 7) is 3.85. The van der Waals surface area contributed by atoms with Crippen molar-refractivity contribution in [2.45, 2.75) is 43.7 Å². The molecule has 12 heteroatoms. The third kappa shape index (κ3) is 4.77. The van der Waals surface area contributed by atoms with Crippen LogP contribution < -0.4 is 45.3 Å². The Morgan fingerprint density at radius 2 is 2.03 bits per heavy atom. The number of anilines is 1. The number of rotatable bonds is 7. The second kappa shape index (κ2) is 10.4. The van der Waals surface area contributed by atoms with Crippen molar-refractivity contribution in [3.8, 4) is 0 Å². The van der Waals surface area contributed by atoms with E-state index < -0.39 is 30.0 Å². The van der Waals surface area contributed by atoms with Crippen LogP contribution in [0.3, 0.4) is 0 Å². The normalized spacial score (nSPS) is 28.6. The quantitative estimate of drug-likeness (QED) is 0.223. The van der Waals surface area contributed by atoms with Gasteiger partial charge in [-0.05, 0) is 31.0 Å². The first-order valence-corrected chi connectivity index (χ1v) is 11.5. The van der Waals surface area contributed by atoms with Crippen molar-refractivity contribution in [1.82, 2.24) is 10.2 Å². The molecule has 4 rings (SSSR count). The van der Waals surface area contributed by atoms with Crippen LogP contribution in [0.2, 0.25) is 0 Å². The predicted molar refractivity (Wildman–Crippen MR) is 117 cm³/mol. The number of aliphatic carboxylic acids is 1. The van der Waals surface area contributed by atoms with E-state index in [1.54, 1.807) is 6.07 Å².